The Kier molecular flexibility index (Phi) is 4.09. The molecule has 0 amide bonds. The number of aromatic nitrogens is 2. The number of nitrogens with one attached hydrogen (secondary N) is 1. The van der Waals surface area contributed by atoms with Crippen LogP contribution in [0.3, 0.4) is 0 Å². The maximum atomic E-state index is 4.39. The summed E-state index contributed by atoms with van der Waals surface area (Å²) in [5, 5.41) is 3.37. The van der Waals surface area contributed by atoms with Crippen molar-refractivity contribution in [3.05, 3.63) is 41.2 Å². The number of rotatable bonds is 4. The summed E-state index contributed by atoms with van der Waals surface area (Å²) in [7, 11) is 0. The fraction of sp³-hybridized carbons (Fsp3) is 0.231. The van der Waals surface area contributed by atoms with Gasteiger partial charge in [0, 0.05) is 23.4 Å². The smallest absolute Gasteiger partial charge is 0.112 e. The van der Waals surface area contributed by atoms with E-state index < -0.39 is 0 Å². The summed E-state index contributed by atoms with van der Waals surface area (Å²) in [5.74, 6) is 0. The molecule has 0 spiro atoms. The van der Waals surface area contributed by atoms with Gasteiger partial charge in [-0.1, -0.05) is 12.2 Å². The average molecular weight is 292 g/mol. The molecule has 2 rings (SSSR count). The second kappa shape index (κ2) is 5.77. The van der Waals surface area contributed by atoms with Crippen LogP contribution in [0, 0.1) is 0 Å². The Labute approximate surface area is 109 Å². The molecule has 0 aliphatic rings. The minimum absolute atomic E-state index is 0.899. The topological polar surface area (TPSA) is 37.8 Å². The number of hydrogen-bond donors (Lipinski definition) is 1. The lowest BCUT2D eigenvalue weighted by atomic mass is 10.2. The summed E-state index contributed by atoms with van der Waals surface area (Å²) in [5.41, 5.74) is 2.85. The van der Waals surface area contributed by atoms with E-state index in [9.17, 15) is 0 Å². The SMILES string of the molecule is C/C=C/CCNc1ccnc2cc(Br)cnc12. The first-order valence-corrected chi connectivity index (χ1v) is 6.36. The molecule has 0 saturated heterocycles. The molecule has 4 heteroatoms. The molecule has 0 bridgehead atoms. The molecule has 2 aromatic heterocycles. The largest absolute Gasteiger partial charge is 0.383 e. The molecular formula is C13H14BrN3. The van der Waals surface area contributed by atoms with E-state index >= 15 is 0 Å². The van der Waals surface area contributed by atoms with Crippen LogP contribution >= 0.6 is 15.9 Å². The Morgan fingerprint density at radius 2 is 2.29 bits per heavy atom. The molecule has 0 fully saturated rings. The summed E-state index contributed by atoms with van der Waals surface area (Å²) < 4.78 is 0.948. The van der Waals surface area contributed by atoms with Crippen molar-refractivity contribution in [3.8, 4) is 0 Å². The molecule has 2 heterocycles. The van der Waals surface area contributed by atoms with E-state index in [-0.39, 0.29) is 0 Å². The van der Waals surface area contributed by atoms with Crippen LogP contribution in [0.5, 0.6) is 0 Å². The van der Waals surface area contributed by atoms with E-state index in [0.29, 0.717) is 0 Å². The van der Waals surface area contributed by atoms with Crippen LogP contribution in [-0.4, -0.2) is 16.5 Å². The van der Waals surface area contributed by atoms with Crippen LogP contribution in [0.25, 0.3) is 11.0 Å². The highest BCUT2D eigenvalue weighted by Crippen LogP contribution is 2.21. The first-order valence-electron chi connectivity index (χ1n) is 5.56. The minimum Gasteiger partial charge on any atom is -0.383 e. The maximum absolute atomic E-state index is 4.39. The summed E-state index contributed by atoms with van der Waals surface area (Å²) in [6, 6.07) is 3.93. The van der Waals surface area contributed by atoms with Crippen molar-refractivity contribution in [2.75, 3.05) is 11.9 Å². The molecule has 0 unspecified atom stereocenters. The Morgan fingerprint density at radius 1 is 1.41 bits per heavy atom. The summed E-state index contributed by atoms with van der Waals surface area (Å²) in [6.07, 6.45) is 8.80. The van der Waals surface area contributed by atoms with Crippen molar-refractivity contribution in [1.29, 1.82) is 0 Å². The van der Waals surface area contributed by atoms with E-state index in [0.717, 1.165) is 34.2 Å². The fourth-order valence-electron chi connectivity index (χ4n) is 1.61. The predicted octanol–water partition coefficient (Wildman–Crippen LogP) is 3.77. The maximum Gasteiger partial charge on any atom is 0.112 e. The minimum atomic E-state index is 0.899. The van der Waals surface area contributed by atoms with Gasteiger partial charge in [0.1, 0.15) is 5.52 Å². The molecular weight excluding hydrogens is 278 g/mol. The predicted molar refractivity (Wildman–Crippen MR) is 75.2 cm³/mol. The standard InChI is InChI=1S/C13H14BrN3/c1-2-3-4-6-15-11-5-7-16-12-8-10(14)9-17-13(11)12/h2-3,5,7-9H,4,6H2,1H3,(H,15,16)/b3-2+. The van der Waals surface area contributed by atoms with Crippen molar-refractivity contribution in [2.24, 2.45) is 0 Å². The molecule has 0 aliphatic heterocycles. The number of halogens is 1. The number of anilines is 1. The van der Waals surface area contributed by atoms with E-state index in [1.807, 2.05) is 19.1 Å². The molecule has 1 N–H and O–H groups in total. The van der Waals surface area contributed by atoms with E-state index in [1.165, 1.54) is 0 Å². The molecule has 88 valence electrons. The molecule has 3 nitrogen and oxygen atoms in total. The highest BCUT2D eigenvalue weighted by molar-refractivity contribution is 9.10. The highest BCUT2D eigenvalue weighted by Gasteiger charge is 2.02. The van der Waals surface area contributed by atoms with Crippen molar-refractivity contribution in [1.82, 2.24) is 9.97 Å². The lowest BCUT2D eigenvalue weighted by Gasteiger charge is -2.07. The van der Waals surface area contributed by atoms with Crippen molar-refractivity contribution in [3.63, 3.8) is 0 Å². The monoisotopic (exact) mass is 291 g/mol. The van der Waals surface area contributed by atoms with Crippen LogP contribution in [0.2, 0.25) is 0 Å². The van der Waals surface area contributed by atoms with Crippen molar-refractivity contribution in [2.45, 2.75) is 13.3 Å². The van der Waals surface area contributed by atoms with Gasteiger partial charge >= 0.3 is 0 Å². The number of fused-ring (bicyclic) bond motifs is 1. The second-order valence-electron chi connectivity index (χ2n) is 3.66. The first kappa shape index (κ1) is 12.0. The molecule has 0 atom stereocenters. The van der Waals surface area contributed by atoms with Crippen LogP contribution in [0.4, 0.5) is 5.69 Å². The lowest BCUT2D eigenvalue weighted by Crippen LogP contribution is -2.01. The van der Waals surface area contributed by atoms with E-state index in [2.05, 4.69) is 43.4 Å². The Morgan fingerprint density at radius 3 is 3.12 bits per heavy atom. The third kappa shape index (κ3) is 3.03. The van der Waals surface area contributed by atoms with Crippen molar-refractivity contribution < 1.29 is 0 Å². The molecule has 0 saturated carbocycles. The van der Waals surface area contributed by atoms with Gasteiger partial charge in [-0.15, -0.1) is 0 Å². The molecule has 2 aromatic rings. The zero-order valence-corrected chi connectivity index (χ0v) is 11.2. The Hall–Kier alpha value is -1.42. The van der Waals surface area contributed by atoms with E-state index in [1.54, 1.807) is 12.4 Å². The first-order chi connectivity index (χ1) is 8.31. The molecule has 17 heavy (non-hydrogen) atoms. The third-order valence-electron chi connectivity index (χ3n) is 2.41. The summed E-state index contributed by atoms with van der Waals surface area (Å²) >= 11 is 3.40. The van der Waals surface area contributed by atoms with Gasteiger partial charge in [-0.05, 0) is 41.4 Å². The Bertz CT molecular complexity index is 537. The van der Waals surface area contributed by atoms with Gasteiger partial charge in [-0.3, -0.25) is 9.97 Å². The highest BCUT2D eigenvalue weighted by atomic mass is 79.9. The number of allylic oxidation sites excluding steroid dienone is 1. The van der Waals surface area contributed by atoms with Gasteiger partial charge in [-0.25, -0.2) is 0 Å². The van der Waals surface area contributed by atoms with Crippen LogP contribution in [-0.2, 0) is 0 Å². The number of nitrogens with zero attached hydrogens (tertiary/aromatic N) is 2. The quantitative estimate of drug-likeness (QED) is 0.688. The van der Waals surface area contributed by atoms with Crippen LogP contribution in [0.15, 0.2) is 41.2 Å². The number of pyridine rings is 2. The van der Waals surface area contributed by atoms with Gasteiger partial charge < -0.3 is 5.32 Å². The molecule has 0 aromatic carbocycles. The van der Waals surface area contributed by atoms with Crippen LogP contribution in [0.1, 0.15) is 13.3 Å². The fourth-order valence-corrected chi connectivity index (χ4v) is 1.92. The van der Waals surface area contributed by atoms with Gasteiger partial charge in [0.2, 0.25) is 0 Å². The zero-order chi connectivity index (χ0) is 12.1. The zero-order valence-electron chi connectivity index (χ0n) is 9.65. The van der Waals surface area contributed by atoms with Gasteiger partial charge in [0.25, 0.3) is 0 Å². The van der Waals surface area contributed by atoms with Crippen LogP contribution < -0.4 is 5.32 Å². The summed E-state index contributed by atoms with van der Waals surface area (Å²) in [4.78, 5) is 8.69. The Balaban J connectivity index is 2.22. The summed E-state index contributed by atoms with van der Waals surface area (Å²) in [6.45, 7) is 2.93. The second-order valence-corrected chi connectivity index (χ2v) is 4.58. The molecule has 0 aliphatic carbocycles. The van der Waals surface area contributed by atoms with Gasteiger partial charge in [-0.2, -0.15) is 0 Å². The average Bonchev–Trinajstić information content (AvgIpc) is 2.34. The van der Waals surface area contributed by atoms with Gasteiger partial charge in [0.05, 0.1) is 11.2 Å². The normalized spacial score (nSPS) is 11.2. The third-order valence-corrected chi connectivity index (χ3v) is 2.84. The molecule has 0 radical (unpaired) electrons. The lowest BCUT2D eigenvalue weighted by molar-refractivity contribution is 1.06. The van der Waals surface area contributed by atoms with E-state index in [4.69, 9.17) is 0 Å². The van der Waals surface area contributed by atoms with Crippen molar-refractivity contribution >= 4 is 32.7 Å². The van der Waals surface area contributed by atoms with Gasteiger partial charge in [0.15, 0.2) is 0 Å². The number of hydrogen-bond acceptors (Lipinski definition) is 3.